The fraction of sp³-hybridized carbons (Fsp3) is 0.400. The Balaban J connectivity index is 2.33. The van der Waals surface area contributed by atoms with Crippen molar-refractivity contribution in [3.63, 3.8) is 0 Å². The molecule has 2 aromatic rings. The Kier molecular flexibility index (Phi) is 4.34. The molecule has 0 radical (unpaired) electrons. The monoisotopic (exact) mass is 276 g/mol. The van der Waals surface area contributed by atoms with Gasteiger partial charge in [-0.2, -0.15) is 0 Å². The Morgan fingerprint density at radius 3 is 2.47 bits per heavy atom. The summed E-state index contributed by atoms with van der Waals surface area (Å²) in [5.41, 5.74) is 11.4. The number of aryl methyl sites for hydroxylation is 3. The molecule has 1 heterocycles. The van der Waals surface area contributed by atoms with Gasteiger partial charge in [0, 0.05) is 23.9 Å². The van der Waals surface area contributed by atoms with Crippen LogP contribution in [-0.4, -0.2) is 22.7 Å². The Bertz CT molecular complexity index is 554. The molecule has 1 atom stereocenters. The normalized spacial score (nSPS) is 12.7. The van der Waals surface area contributed by atoms with Crippen LogP contribution in [0, 0.1) is 20.8 Å². The molecule has 1 aromatic carbocycles. The van der Waals surface area contributed by atoms with Crippen molar-refractivity contribution in [2.75, 3.05) is 6.54 Å². The molecule has 3 N–H and O–H groups in total. The second kappa shape index (κ2) is 5.82. The number of nitrogens with two attached hydrogens (primary N) is 1. The number of aliphatic hydroxyl groups excluding tert-OH is 1. The van der Waals surface area contributed by atoms with Gasteiger partial charge in [-0.15, -0.1) is 11.3 Å². The van der Waals surface area contributed by atoms with Crippen LogP contribution < -0.4 is 5.73 Å². The molecule has 1 unspecified atom stereocenters. The van der Waals surface area contributed by atoms with E-state index >= 15 is 0 Å². The first-order valence-corrected chi connectivity index (χ1v) is 7.30. The second-order valence-corrected chi connectivity index (χ2v) is 5.94. The third-order valence-electron chi connectivity index (χ3n) is 3.17. The number of nitrogens with zero attached hydrogens (tertiary/aromatic N) is 1. The third kappa shape index (κ3) is 3.21. The summed E-state index contributed by atoms with van der Waals surface area (Å²) in [6.07, 6.45) is 0.0321. The lowest BCUT2D eigenvalue weighted by Crippen LogP contribution is -2.21. The van der Waals surface area contributed by atoms with Gasteiger partial charge in [0.05, 0.1) is 16.8 Å². The summed E-state index contributed by atoms with van der Waals surface area (Å²) in [5.74, 6) is 0. The molecule has 0 aliphatic rings. The minimum absolute atomic E-state index is 0.275. The molecule has 0 saturated carbocycles. The minimum Gasteiger partial charge on any atom is -0.391 e. The molecule has 19 heavy (non-hydrogen) atoms. The SMILES string of the molecule is Cc1cc(C)c(-c2csc(CC(O)CN)n2)c(C)c1. The van der Waals surface area contributed by atoms with Gasteiger partial charge in [-0.25, -0.2) is 4.98 Å². The molecule has 2 rings (SSSR count). The first kappa shape index (κ1) is 14.2. The first-order valence-electron chi connectivity index (χ1n) is 6.42. The van der Waals surface area contributed by atoms with Crippen LogP contribution in [0.25, 0.3) is 11.3 Å². The average Bonchev–Trinajstić information content (AvgIpc) is 2.75. The van der Waals surface area contributed by atoms with E-state index in [1.54, 1.807) is 11.3 Å². The number of aromatic nitrogens is 1. The van der Waals surface area contributed by atoms with Crippen LogP contribution in [0.3, 0.4) is 0 Å². The van der Waals surface area contributed by atoms with Crippen molar-refractivity contribution < 1.29 is 5.11 Å². The van der Waals surface area contributed by atoms with Crippen LogP contribution >= 0.6 is 11.3 Å². The van der Waals surface area contributed by atoms with E-state index in [1.165, 1.54) is 22.3 Å². The summed E-state index contributed by atoms with van der Waals surface area (Å²) < 4.78 is 0. The van der Waals surface area contributed by atoms with E-state index in [-0.39, 0.29) is 6.54 Å². The summed E-state index contributed by atoms with van der Waals surface area (Å²) in [6, 6.07) is 4.35. The number of rotatable bonds is 4. The molecule has 0 saturated heterocycles. The Hall–Kier alpha value is -1.23. The van der Waals surface area contributed by atoms with Crippen LogP contribution in [0.5, 0.6) is 0 Å². The van der Waals surface area contributed by atoms with Crippen LogP contribution in [0.2, 0.25) is 0 Å². The van der Waals surface area contributed by atoms with Gasteiger partial charge in [0.15, 0.2) is 0 Å². The Labute approximate surface area is 118 Å². The highest BCUT2D eigenvalue weighted by Crippen LogP contribution is 2.29. The number of aliphatic hydroxyl groups is 1. The molecular weight excluding hydrogens is 256 g/mol. The smallest absolute Gasteiger partial charge is 0.0958 e. The first-order chi connectivity index (χ1) is 9.01. The Morgan fingerprint density at radius 1 is 1.26 bits per heavy atom. The standard InChI is InChI=1S/C15H20N2OS/c1-9-4-10(2)15(11(3)5-9)13-8-19-14(17-13)6-12(18)7-16/h4-5,8,12,18H,6-7,16H2,1-3H3. The lowest BCUT2D eigenvalue weighted by Gasteiger charge is -2.09. The maximum atomic E-state index is 9.58. The highest BCUT2D eigenvalue weighted by molar-refractivity contribution is 7.09. The van der Waals surface area contributed by atoms with Crippen LogP contribution in [-0.2, 0) is 6.42 Å². The number of hydrogen-bond acceptors (Lipinski definition) is 4. The van der Waals surface area contributed by atoms with Gasteiger partial charge in [0.25, 0.3) is 0 Å². The molecule has 0 fully saturated rings. The lowest BCUT2D eigenvalue weighted by atomic mass is 9.98. The Morgan fingerprint density at radius 2 is 1.89 bits per heavy atom. The highest BCUT2D eigenvalue weighted by Gasteiger charge is 2.12. The maximum absolute atomic E-state index is 9.58. The van der Waals surface area contributed by atoms with Crippen molar-refractivity contribution in [3.05, 3.63) is 39.2 Å². The molecular formula is C15H20N2OS. The number of hydrogen-bond donors (Lipinski definition) is 2. The van der Waals surface area contributed by atoms with Crippen molar-refractivity contribution in [1.82, 2.24) is 4.98 Å². The zero-order valence-electron chi connectivity index (χ0n) is 11.6. The van der Waals surface area contributed by atoms with E-state index in [2.05, 4.69) is 43.3 Å². The molecule has 0 spiro atoms. The number of thiazole rings is 1. The fourth-order valence-electron chi connectivity index (χ4n) is 2.39. The molecule has 4 heteroatoms. The van der Waals surface area contributed by atoms with Gasteiger partial charge >= 0.3 is 0 Å². The van der Waals surface area contributed by atoms with Gasteiger partial charge in [0.2, 0.25) is 0 Å². The van der Waals surface area contributed by atoms with E-state index < -0.39 is 6.10 Å². The van der Waals surface area contributed by atoms with Crippen LogP contribution in [0.1, 0.15) is 21.7 Å². The predicted octanol–water partition coefficient (Wildman–Crippen LogP) is 2.60. The molecule has 0 bridgehead atoms. The molecule has 0 aliphatic heterocycles. The fourth-order valence-corrected chi connectivity index (χ4v) is 3.25. The van der Waals surface area contributed by atoms with Crippen molar-refractivity contribution in [3.8, 4) is 11.3 Å². The molecule has 1 aromatic heterocycles. The van der Waals surface area contributed by atoms with Crippen LogP contribution in [0.4, 0.5) is 0 Å². The molecule has 0 aliphatic carbocycles. The average molecular weight is 276 g/mol. The highest BCUT2D eigenvalue weighted by atomic mass is 32.1. The summed E-state index contributed by atoms with van der Waals surface area (Å²) in [5, 5.41) is 12.6. The van der Waals surface area contributed by atoms with Gasteiger partial charge in [0.1, 0.15) is 0 Å². The van der Waals surface area contributed by atoms with Gasteiger partial charge in [-0.1, -0.05) is 17.7 Å². The summed E-state index contributed by atoms with van der Waals surface area (Å²) in [7, 11) is 0. The summed E-state index contributed by atoms with van der Waals surface area (Å²) >= 11 is 1.58. The molecule has 3 nitrogen and oxygen atoms in total. The van der Waals surface area contributed by atoms with E-state index in [1.807, 2.05) is 0 Å². The maximum Gasteiger partial charge on any atom is 0.0958 e. The van der Waals surface area contributed by atoms with E-state index in [4.69, 9.17) is 5.73 Å². The second-order valence-electron chi connectivity index (χ2n) is 4.99. The molecule has 0 amide bonds. The lowest BCUT2D eigenvalue weighted by molar-refractivity contribution is 0.183. The summed E-state index contributed by atoms with van der Waals surface area (Å²) in [6.45, 7) is 6.61. The van der Waals surface area contributed by atoms with Gasteiger partial charge < -0.3 is 10.8 Å². The van der Waals surface area contributed by atoms with E-state index in [0.29, 0.717) is 6.42 Å². The zero-order chi connectivity index (χ0) is 14.0. The van der Waals surface area contributed by atoms with Gasteiger partial charge in [-0.05, 0) is 31.9 Å². The van der Waals surface area contributed by atoms with Crippen LogP contribution in [0.15, 0.2) is 17.5 Å². The zero-order valence-corrected chi connectivity index (χ0v) is 12.4. The number of benzene rings is 1. The molecule has 102 valence electrons. The largest absolute Gasteiger partial charge is 0.391 e. The quantitative estimate of drug-likeness (QED) is 0.902. The van der Waals surface area contributed by atoms with E-state index in [9.17, 15) is 5.11 Å². The third-order valence-corrected chi connectivity index (χ3v) is 4.04. The summed E-state index contributed by atoms with van der Waals surface area (Å²) in [4.78, 5) is 4.62. The van der Waals surface area contributed by atoms with Crippen molar-refractivity contribution >= 4 is 11.3 Å². The topological polar surface area (TPSA) is 59.1 Å². The minimum atomic E-state index is -0.501. The van der Waals surface area contributed by atoms with Crippen molar-refractivity contribution in [2.45, 2.75) is 33.3 Å². The predicted molar refractivity (Wildman–Crippen MR) is 80.5 cm³/mol. The van der Waals surface area contributed by atoms with Crippen molar-refractivity contribution in [2.24, 2.45) is 5.73 Å². The van der Waals surface area contributed by atoms with Gasteiger partial charge in [-0.3, -0.25) is 0 Å². The van der Waals surface area contributed by atoms with Crippen molar-refractivity contribution in [1.29, 1.82) is 0 Å². The van der Waals surface area contributed by atoms with E-state index in [0.717, 1.165) is 10.7 Å².